The van der Waals surface area contributed by atoms with E-state index in [1.54, 1.807) is 5.56 Å². The number of pyridine rings is 1. The monoisotopic (exact) mass is 280 g/mol. The van der Waals surface area contributed by atoms with Crippen LogP contribution in [0.2, 0.25) is 0 Å². The molecule has 2 atom stereocenters. The van der Waals surface area contributed by atoms with Crippen LogP contribution in [0.25, 0.3) is 0 Å². The molecule has 0 radical (unpaired) electrons. The highest BCUT2D eigenvalue weighted by Crippen LogP contribution is 2.28. The van der Waals surface area contributed by atoms with Gasteiger partial charge in [-0.05, 0) is 55.0 Å². The first-order valence-electron chi connectivity index (χ1n) is 8.07. The van der Waals surface area contributed by atoms with Gasteiger partial charge in [0.05, 0.1) is 0 Å². The number of aromatic nitrogens is 1. The Morgan fingerprint density at radius 3 is 2.71 bits per heavy atom. The molecule has 2 unspecified atom stereocenters. The van der Waals surface area contributed by atoms with Crippen LogP contribution in [0.15, 0.2) is 48.7 Å². The second kappa shape index (κ2) is 6.86. The summed E-state index contributed by atoms with van der Waals surface area (Å²) in [7, 11) is 0. The number of benzene rings is 1. The third kappa shape index (κ3) is 3.51. The van der Waals surface area contributed by atoms with Crippen LogP contribution in [-0.4, -0.2) is 17.6 Å². The van der Waals surface area contributed by atoms with Gasteiger partial charge in [0.1, 0.15) is 0 Å². The van der Waals surface area contributed by atoms with Gasteiger partial charge in [0.2, 0.25) is 0 Å². The Morgan fingerprint density at radius 1 is 1.14 bits per heavy atom. The van der Waals surface area contributed by atoms with E-state index in [0.717, 1.165) is 13.0 Å². The summed E-state index contributed by atoms with van der Waals surface area (Å²) in [5, 5.41) is 3.69. The van der Waals surface area contributed by atoms with Gasteiger partial charge in [-0.15, -0.1) is 0 Å². The number of fused-ring (bicyclic) bond motifs is 1. The van der Waals surface area contributed by atoms with Crippen molar-refractivity contribution in [2.75, 3.05) is 6.54 Å². The zero-order chi connectivity index (χ0) is 14.5. The van der Waals surface area contributed by atoms with E-state index in [9.17, 15) is 0 Å². The molecule has 2 nitrogen and oxygen atoms in total. The molecule has 1 aliphatic rings. The highest BCUT2D eigenvalue weighted by atomic mass is 14.9. The van der Waals surface area contributed by atoms with Crippen LogP contribution in [0.1, 0.15) is 30.2 Å². The van der Waals surface area contributed by atoms with E-state index in [1.165, 1.54) is 30.5 Å². The SMILES string of the molecule is CCNC(Cc1ccccn1)C1CCc2ccccc2C1. The van der Waals surface area contributed by atoms with E-state index < -0.39 is 0 Å². The van der Waals surface area contributed by atoms with E-state index in [2.05, 4.69) is 53.6 Å². The molecule has 1 aromatic carbocycles. The fourth-order valence-corrected chi connectivity index (χ4v) is 3.48. The minimum Gasteiger partial charge on any atom is -0.314 e. The molecule has 0 saturated heterocycles. The summed E-state index contributed by atoms with van der Waals surface area (Å²) >= 11 is 0. The zero-order valence-electron chi connectivity index (χ0n) is 12.8. The molecule has 110 valence electrons. The van der Waals surface area contributed by atoms with Crippen molar-refractivity contribution < 1.29 is 0 Å². The summed E-state index contributed by atoms with van der Waals surface area (Å²) in [6, 6.07) is 15.7. The van der Waals surface area contributed by atoms with Gasteiger partial charge in [-0.25, -0.2) is 0 Å². The Hall–Kier alpha value is -1.67. The van der Waals surface area contributed by atoms with Crippen molar-refractivity contribution in [2.45, 2.75) is 38.6 Å². The summed E-state index contributed by atoms with van der Waals surface area (Å²) in [5.41, 5.74) is 4.28. The van der Waals surface area contributed by atoms with Crippen LogP contribution < -0.4 is 5.32 Å². The maximum Gasteiger partial charge on any atom is 0.0419 e. The summed E-state index contributed by atoms with van der Waals surface area (Å²) in [4.78, 5) is 4.50. The van der Waals surface area contributed by atoms with E-state index in [4.69, 9.17) is 0 Å². The fraction of sp³-hybridized carbons (Fsp3) is 0.421. The molecule has 0 amide bonds. The Kier molecular flexibility index (Phi) is 4.66. The molecule has 3 rings (SSSR count). The minimum atomic E-state index is 0.526. The van der Waals surface area contributed by atoms with Crippen molar-refractivity contribution in [3.63, 3.8) is 0 Å². The molecule has 0 spiro atoms. The van der Waals surface area contributed by atoms with E-state index in [1.807, 2.05) is 12.3 Å². The predicted molar refractivity (Wildman–Crippen MR) is 87.4 cm³/mol. The molecular formula is C19H24N2. The molecule has 0 fully saturated rings. The Bertz CT molecular complexity index is 565. The van der Waals surface area contributed by atoms with E-state index >= 15 is 0 Å². The molecule has 1 aliphatic carbocycles. The average Bonchev–Trinajstić information content (AvgIpc) is 2.55. The predicted octanol–water partition coefficient (Wildman–Crippen LogP) is 3.41. The molecule has 2 heteroatoms. The largest absolute Gasteiger partial charge is 0.314 e. The molecule has 1 heterocycles. The third-order valence-corrected chi connectivity index (χ3v) is 4.58. The molecule has 1 N–H and O–H groups in total. The van der Waals surface area contributed by atoms with E-state index in [-0.39, 0.29) is 0 Å². The van der Waals surface area contributed by atoms with Crippen LogP contribution in [0.5, 0.6) is 0 Å². The smallest absolute Gasteiger partial charge is 0.0419 e. The summed E-state index contributed by atoms with van der Waals surface area (Å²) in [5.74, 6) is 0.710. The molecule has 0 aliphatic heterocycles. The molecule has 2 aromatic rings. The number of rotatable bonds is 5. The standard InChI is InChI=1S/C19H24N2/c1-2-20-19(14-18-9-5-6-12-21-18)17-11-10-15-7-3-4-8-16(15)13-17/h3-9,12,17,19-20H,2,10-11,13-14H2,1H3. The van der Waals surface area contributed by atoms with Crippen molar-refractivity contribution in [1.29, 1.82) is 0 Å². The van der Waals surface area contributed by atoms with Crippen LogP contribution in [0, 0.1) is 5.92 Å². The van der Waals surface area contributed by atoms with Gasteiger partial charge in [0.15, 0.2) is 0 Å². The number of nitrogens with zero attached hydrogens (tertiary/aromatic N) is 1. The molecular weight excluding hydrogens is 256 g/mol. The van der Waals surface area contributed by atoms with Gasteiger partial charge >= 0.3 is 0 Å². The Labute approximate surface area is 127 Å². The number of aryl methyl sites for hydroxylation is 1. The third-order valence-electron chi connectivity index (χ3n) is 4.58. The quantitative estimate of drug-likeness (QED) is 0.908. The Balaban J connectivity index is 1.73. The summed E-state index contributed by atoms with van der Waals surface area (Å²) in [6.07, 6.45) is 6.61. The first-order valence-corrected chi connectivity index (χ1v) is 8.07. The lowest BCUT2D eigenvalue weighted by atomic mass is 9.78. The second-order valence-electron chi connectivity index (χ2n) is 5.96. The summed E-state index contributed by atoms with van der Waals surface area (Å²) in [6.45, 7) is 3.22. The first kappa shape index (κ1) is 14.3. The van der Waals surface area contributed by atoms with E-state index in [0.29, 0.717) is 12.0 Å². The van der Waals surface area contributed by atoms with Crippen molar-refractivity contribution >= 4 is 0 Å². The number of hydrogen-bond acceptors (Lipinski definition) is 2. The van der Waals surface area contributed by atoms with Crippen molar-refractivity contribution in [2.24, 2.45) is 5.92 Å². The molecule has 21 heavy (non-hydrogen) atoms. The minimum absolute atomic E-state index is 0.526. The van der Waals surface area contributed by atoms with Crippen LogP contribution in [0.4, 0.5) is 0 Å². The fourth-order valence-electron chi connectivity index (χ4n) is 3.48. The van der Waals surface area contributed by atoms with Crippen LogP contribution in [-0.2, 0) is 19.3 Å². The van der Waals surface area contributed by atoms with Crippen LogP contribution >= 0.6 is 0 Å². The molecule has 0 saturated carbocycles. The highest BCUT2D eigenvalue weighted by molar-refractivity contribution is 5.30. The van der Waals surface area contributed by atoms with Gasteiger partial charge in [-0.1, -0.05) is 37.3 Å². The maximum absolute atomic E-state index is 4.50. The van der Waals surface area contributed by atoms with Crippen molar-refractivity contribution in [3.8, 4) is 0 Å². The van der Waals surface area contributed by atoms with Gasteiger partial charge in [0.25, 0.3) is 0 Å². The number of hydrogen-bond donors (Lipinski definition) is 1. The highest BCUT2D eigenvalue weighted by Gasteiger charge is 2.26. The lowest BCUT2D eigenvalue weighted by molar-refractivity contribution is 0.320. The Morgan fingerprint density at radius 2 is 1.95 bits per heavy atom. The topological polar surface area (TPSA) is 24.9 Å². The first-order chi connectivity index (χ1) is 10.4. The number of likely N-dealkylation sites (N-methyl/N-ethyl adjacent to an activating group) is 1. The van der Waals surface area contributed by atoms with Gasteiger partial charge in [-0.3, -0.25) is 4.98 Å². The van der Waals surface area contributed by atoms with Crippen molar-refractivity contribution in [1.82, 2.24) is 10.3 Å². The zero-order valence-corrected chi connectivity index (χ0v) is 12.8. The normalized spacial score (nSPS) is 19.0. The number of nitrogens with one attached hydrogen (secondary N) is 1. The summed E-state index contributed by atoms with van der Waals surface area (Å²) < 4.78 is 0. The molecule has 0 bridgehead atoms. The average molecular weight is 280 g/mol. The lowest BCUT2D eigenvalue weighted by Crippen LogP contribution is -2.40. The molecule has 1 aromatic heterocycles. The lowest BCUT2D eigenvalue weighted by Gasteiger charge is -2.32. The van der Waals surface area contributed by atoms with Gasteiger partial charge < -0.3 is 5.32 Å². The van der Waals surface area contributed by atoms with Gasteiger partial charge in [-0.2, -0.15) is 0 Å². The second-order valence-corrected chi connectivity index (χ2v) is 5.96. The maximum atomic E-state index is 4.50. The van der Waals surface area contributed by atoms with Gasteiger partial charge in [0, 0.05) is 24.4 Å². The van der Waals surface area contributed by atoms with Crippen molar-refractivity contribution in [3.05, 3.63) is 65.5 Å². The van der Waals surface area contributed by atoms with Crippen LogP contribution in [0.3, 0.4) is 0 Å².